The zero-order chi connectivity index (χ0) is 19.6. The van der Waals surface area contributed by atoms with Gasteiger partial charge in [0.15, 0.2) is 0 Å². The topological polar surface area (TPSA) is 93.2 Å². The van der Waals surface area contributed by atoms with Crippen molar-refractivity contribution in [1.82, 2.24) is 4.57 Å². The molecule has 3 aromatic rings. The fourth-order valence-corrected chi connectivity index (χ4v) is 2.90. The number of methoxy groups -OCH3 is 1. The van der Waals surface area contributed by atoms with Gasteiger partial charge in [-0.3, -0.25) is 4.79 Å². The molecule has 138 valence electrons. The van der Waals surface area contributed by atoms with Crippen molar-refractivity contribution in [3.05, 3.63) is 63.9 Å². The first-order valence-corrected chi connectivity index (χ1v) is 8.41. The first kappa shape index (κ1) is 18.3. The maximum atomic E-state index is 12.4. The van der Waals surface area contributed by atoms with Gasteiger partial charge in [-0.2, -0.15) is 10.2 Å². The van der Waals surface area contributed by atoms with Crippen molar-refractivity contribution in [2.45, 2.75) is 20.4 Å². The smallest absolute Gasteiger partial charge is 0.341 e. The van der Waals surface area contributed by atoms with E-state index in [-0.39, 0.29) is 5.56 Å². The van der Waals surface area contributed by atoms with E-state index in [1.165, 1.54) is 6.20 Å². The normalized spacial score (nSPS) is 11.2. The molecule has 0 unspecified atom stereocenters. The van der Waals surface area contributed by atoms with Crippen LogP contribution in [0, 0.1) is 6.92 Å². The molecule has 0 aliphatic carbocycles. The zero-order valence-corrected chi connectivity index (χ0v) is 15.3. The largest absolute Gasteiger partial charge is 0.496 e. The van der Waals surface area contributed by atoms with Gasteiger partial charge in [-0.15, -0.1) is 0 Å². The Morgan fingerprint density at radius 3 is 2.41 bits per heavy atom. The molecule has 2 aromatic carbocycles. The molecule has 0 bridgehead atoms. The van der Waals surface area contributed by atoms with Gasteiger partial charge in [0.1, 0.15) is 11.3 Å². The van der Waals surface area contributed by atoms with E-state index < -0.39 is 11.4 Å². The van der Waals surface area contributed by atoms with Gasteiger partial charge in [-0.25, -0.2) is 4.79 Å². The monoisotopic (exact) mass is 365 g/mol. The number of carboxylic acids is 1. The van der Waals surface area contributed by atoms with E-state index in [1.807, 2.05) is 26.0 Å². The van der Waals surface area contributed by atoms with Crippen LogP contribution in [-0.2, 0) is 6.54 Å². The minimum absolute atomic E-state index is 0.243. The van der Waals surface area contributed by atoms with Crippen molar-refractivity contribution in [2.75, 3.05) is 7.11 Å². The van der Waals surface area contributed by atoms with Crippen LogP contribution >= 0.6 is 0 Å². The third kappa shape index (κ3) is 3.57. The van der Waals surface area contributed by atoms with Crippen LogP contribution in [0.15, 0.2) is 57.6 Å². The quantitative estimate of drug-likeness (QED) is 0.676. The van der Waals surface area contributed by atoms with Crippen LogP contribution in [0.2, 0.25) is 0 Å². The molecule has 0 saturated heterocycles. The number of ether oxygens (including phenoxy) is 1. The summed E-state index contributed by atoms with van der Waals surface area (Å²) in [6, 6.07) is 10.5. The van der Waals surface area contributed by atoms with Crippen LogP contribution in [-0.4, -0.2) is 22.8 Å². The van der Waals surface area contributed by atoms with Crippen LogP contribution in [0.25, 0.3) is 10.9 Å². The van der Waals surface area contributed by atoms with Gasteiger partial charge < -0.3 is 14.4 Å². The first-order chi connectivity index (χ1) is 12.9. The summed E-state index contributed by atoms with van der Waals surface area (Å²) in [6.45, 7) is 4.33. The highest BCUT2D eigenvalue weighted by atomic mass is 16.5. The lowest BCUT2D eigenvalue weighted by Gasteiger charge is -2.10. The number of azo groups is 1. The van der Waals surface area contributed by atoms with Crippen molar-refractivity contribution in [2.24, 2.45) is 10.2 Å². The number of hydrogen-bond acceptors (Lipinski definition) is 5. The molecule has 0 atom stereocenters. The number of pyridine rings is 1. The van der Waals surface area contributed by atoms with E-state index in [9.17, 15) is 14.7 Å². The lowest BCUT2D eigenvalue weighted by Crippen LogP contribution is -2.18. The predicted molar refractivity (Wildman–Crippen MR) is 103 cm³/mol. The maximum absolute atomic E-state index is 12.4. The predicted octanol–water partition coefficient (Wildman–Crippen LogP) is 4.45. The second kappa shape index (κ2) is 7.41. The molecule has 7 heteroatoms. The number of nitrogens with zero attached hydrogens (tertiary/aromatic N) is 3. The highest BCUT2D eigenvalue weighted by Gasteiger charge is 2.14. The van der Waals surface area contributed by atoms with E-state index in [0.29, 0.717) is 28.8 Å². The zero-order valence-electron chi connectivity index (χ0n) is 15.3. The number of aryl methyl sites for hydroxylation is 2. The van der Waals surface area contributed by atoms with E-state index >= 15 is 0 Å². The Balaban J connectivity index is 2.04. The lowest BCUT2D eigenvalue weighted by atomic mass is 10.1. The Morgan fingerprint density at radius 2 is 1.81 bits per heavy atom. The number of aromatic carboxylic acids is 1. The molecule has 1 N–H and O–H groups in total. The molecule has 0 radical (unpaired) electrons. The van der Waals surface area contributed by atoms with Crippen molar-refractivity contribution >= 4 is 28.2 Å². The summed E-state index contributed by atoms with van der Waals surface area (Å²) in [5.74, 6) is -0.455. The van der Waals surface area contributed by atoms with Gasteiger partial charge >= 0.3 is 5.97 Å². The number of aromatic nitrogens is 1. The Hall–Kier alpha value is -3.48. The average Bonchev–Trinajstić information content (AvgIpc) is 2.66. The highest BCUT2D eigenvalue weighted by molar-refractivity contribution is 5.93. The lowest BCUT2D eigenvalue weighted by molar-refractivity contribution is 0.0695. The van der Waals surface area contributed by atoms with Crippen LogP contribution in [0.5, 0.6) is 5.75 Å². The van der Waals surface area contributed by atoms with Gasteiger partial charge in [-0.1, -0.05) is 0 Å². The number of carboxylic acid groups (broad SMARTS) is 1. The number of rotatable bonds is 5. The summed E-state index contributed by atoms with van der Waals surface area (Å²) in [5, 5.41) is 18.0. The first-order valence-electron chi connectivity index (χ1n) is 8.41. The van der Waals surface area contributed by atoms with E-state index in [0.717, 1.165) is 11.3 Å². The fourth-order valence-electron chi connectivity index (χ4n) is 2.90. The van der Waals surface area contributed by atoms with Crippen LogP contribution in [0.1, 0.15) is 22.8 Å². The van der Waals surface area contributed by atoms with Crippen molar-refractivity contribution < 1.29 is 14.6 Å². The second-order valence-electron chi connectivity index (χ2n) is 6.02. The van der Waals surface area contributed by atoms with E-state index in [2.05, 4.69) is 10.2 Å². The van der Waals surface area contributed by atoms with Gasteiger partial charge in [0.2, 0.25) is 5.43 Å². The molecule has 1 aromatic heterocycles. The van der Waals surface area contributed by atoms with Crippen molar-refractivity contribution in [3.63, 3.8) is 0 Å². The molecule has 0 saturated carbocycles. The molecule has 0 fully saturated rings. The Bertz CT molecular complexity index is 1120. The molecule has 3 rings (SSSR count). The summed E-state index contributed by atoms with van der Waals surface area (Å²) in [4.78, 5) is 23.6. The number of hydrogen-bond donors (Lipinski definition) is 1. The Morgan fingerprint density at radius 1 is 1.15 bits per heavy atom. The number of fused-ring (bicyclic) bond motifs is 1. The number of carbonyl (C=O) groups is 1. The van der Waals surface area contributed by atoms with Gasteiger partial charge in [0.05, 0.1) is 24.0 Å². The van der Waals surface area contributed by atoms with Gasteiger partial charge in [0, 0.05) is 18.1 Å². The summed E-state index contributed by atoms with van der Waals surface area (Å²) in [7, 11) is 1.61. The van der Waals surface area contributed by atoms with Crippen molar-refractivity contribution in [3.8, 4) is 5.75 Å². The molecular formula is C20H19N3O4. The van der Waals surface area contributed by atoms with E-state index in [1.54, 1.807) is 35.9 Å². The summed E-state index contributed by atoms with van der Waals surface area (Å²) < 4.78 is 6.95. The van der Waals surface area contributed by atoms with Crippen molar-refractivity contribution in [1.29, 1.82) is 0 Å². The fraction of sp³-hybridized carbons (Fsp3) is 0.200. The minimum atomic E-state index is -1.23. The highest BCUT2D eigenvalue weighted by Crippen LogP contribution is 2.26. The van der Waals surface area contributed by atoms with E-state index in [4.69, 9.17) is 4.74 Å². The van der Waals surface area contributed by atoms with Crippen LogP contribution in [0.3, 0.4) is 0 Å². The van der Waals surface area contributed by atoms with Crippen LogP contribution < -0.4 is 10.2 Å². The molecule has 0 spiro atoms. The summed E-state index contributed by atoms with van der Waals surface area (Å²) in [5.41, 5.74) is 2.08. The molecular weight excluding hydrogens is 346 g/mol. The SMILES string of the molecule is CCn1cc(C(=O)O)c(=O)c2ccc(N=Nc3ccc(OC)c(C)c3)cc21. The van der Waals surface area contributed by atoms with Gasteiger partial charge in [-0.05, 0) is 55.8 Å². The molecule has 0 amide bonds. The van der Waals surface area contributed by atoms with Crippen LogP contribution in [0.4, 0.5) is 11.4 Å². The molecule has 0 aliphatic heterocycles. The number of benzene rings is 2. The summed E-state index contributed by atoms with van der Waals surface area (Å²) in [6.07, 6.45) is 1.36. The standard InChI is InChI=1S/C20H19N3O4/c1-4-23-11-16(20(25)26)19(24)15-7-5-14(10-17(15)23)22-21-13-6-8-18(27-3)12(2)9-13/h5-11H,4H2,1-3H3,(H,25,26). The maximum Gasteiger partial charge on any atom is 0.341 e. The molecule has 7 nitrogen and oxygen atoms in total. The molecule has 0 aliphatic rings. The Kier molecular flexibility index (Phi) is 5.03. The molecule has 27 heavy (non-hydrogen) atoms. The minimum Gasteiger partial charge on any atom is -0.496 e. The third-order valence-corrected chi connectivity index (χ3v) is 4.30. The second-order valence-corrected chi connectivity index (χ2v) is 6.02. The molecule has 1 heterocycles. The Labute approximate surface area is 155 Å². The average molecular weight is 365 g/mol. The third-order valence-electron chi connectivity index (χ3n) is 4.30. The summed E-state index contributed by atoms with van der Waals surface area (Å²) >= 11 is 0. The van der Waals surface area contributed by atoms with Gasteiger partial charge in [0.25, 0.3) is 0 Å².